The molecule has 1 saturated carbocycles. The molecule has 17 heteroatoms. The van der Waals surface area contributed by atoms with Crippen LogP contribution in [0.1, 0.15) is 51.2 Å². The van der Waals surface area contributed by atoms with Gasteiger partial charge in [0.2, 0.25) is 5.28 Å². The quantitative estimate of drug-likeness (QED) is 0.219. The van der Waals surface area contributed by atoms with Crippen LogP contribution in [-0.4, -0.2) is 88.3 Å². The van der Waals surface area contributed by atoms with E-state index in [0.29, 0.717) is 22.4 Å². The molecule has 0 bridgehead atoms. The van der Waals surface area contributed by atoms with Gasteiger partial charge in [-0.15, -0.1) is 0 Å². The highest BCUT2D eigenvalue weighted by Crippen LogP contribution is 2.55. The number of aliphatic hydroxyl groups is 2. The number of aromatic nitrogens is 4. The molecule has 0 aromatic carbocycles. The van der Waals surface area contributed by atoms with E-state index in [1.807, 2.05) is 0 Å². The fourth-order valence-electron chi connectivity index (χ4n) is 5.86. The van der Waals surface area contributed by atoms with Gasteiger partial charge in [-0.25, -0.2) is 4.98 Å². The van der Waals surface area contributed by atoms with E-state index >= 15 is 0 Å². The van der Waals surface area contributed by atoms with Gasteiger partial charge in [-0.1, -0.05) is 12.8 Å². The first kappa shape index (κ1) is 28.4. The molecule has 2 aliphatic heterocycles. The second-order valence-electron chi connectivity index (χ2n) is 10.6. The average molecular weight is 596 g/mol. The van der Waals surface area contributed by atoms with E-state index in [2.05, 4.69) is 19.9 Å². The average Bonchev–Trinajstić information content (AvgIpc) is 3.51. The third-order valence-electron chi connectivity index (χ3n) is 7.95. The minimum absolute atomic E-state index is 0.00954. The van der Waals surface area contributed by atoms with Gasteiger partial charge in [-0.2, -0.15) is 9.97 Å². The Morgan fingerprint density at radius 3 is 2.47 bits per heavy atom. The highest BCUT2D eigenvalue weighted by molar-refractivity contribution is 7.70. The summed E-state index contributed by atoms with van der Waals surface area (Å²) in [6.07, 6.45) is 5.74. The van der Waals surface area contributed by atoms with Crippen LogP contribution in [-0.2, 0) is 18.4 Å². The first-order chi connectivity index (χ1) is 17.8. The van der Waals surface area contributed by atoms with Gasteiger partial charge < -0.3 is 39.1 Å². The fourth-order valence-corrected chi connectivity index (χ4v) is 8.59. The number of fused-ring (bicyclic) bond motifs is 1. The zero-order valence-corrected chi connectivity index (χ0v) is 23.1. The van der Waals surface area contributed by atoms with Crippen LogP contribution in [0.2, 0.25) is 5.28 Å². The second kappa shape index (κ2) is 10.3. The van der Waals surface area contributed by atoms with Crippen LogP contribution in [0.4, 0.5) is 5.82 Å². The Bertz CT molecular complexity index is 1280. The molecule has 3 aliphatic rings. The number of imidazole rings is 1. The number of hydrogen-bond acceptors (Lipinski definition) is 10. The van der Waals surface area contributed by atoms with Crippen LogP contribution < -0.4 is 4.90 Å². The van der Waals surface area contributed by atoms with Crippen LogP contribution in [0.3, 0.4) is 0 Å². The summed E-state index contributed by atoms with van der Waals surface area (Å²) < 4.78 is 34.8. The number of rotatable bonds is 8. The highest BCUT2D eigenvalue weighted by atomic mass is 35.5. The van der Waals surface area contributed by atoms with Crippen LogP contribution in [0, 0.1) is 5.41 Å². The lowest BCUT2D eigenvalue weighted by molar-refractivity contribution is -0.0698. The number of hydrogen-bond donors (Lipinski definition) is 5. The van der Waals surface area contributed by atoms with Crippen LogP contribution >= 0.6 is 26.8 Å². The topological polar surface area (TPSA) is 201 Å². The van der Waals surface area contributed by atoms with Gasteiger partial charge in [-0.3, -0.25) is 13.7 Å². The molecule has 212 valence electrons. The Morgan fingerprint density at radius 1 is 1.13 bits per heavy atom. The number of halogens is 1. The number of piperidine rings is 1. The van der Waals surface area contributed by atoms with E-state index in [1.165, 1.54) is 36.6 Å². The fraction of sp³-hybridized carbons (Fsp3) is 0.762. The van der Waals surface area contributed by atoms with Crippen molar-refractivity contribution in [2.75, 3.05) is 37.1 Å². The van der Waals surface area contributed by atoms with Crippen molar-refractivity contribution in [3.8, 4) is 0 Å². The molecule has 2 aromatic heterocycles. The van der Waals surface area contributed by atoms with Gasteiger partial charge in [0.25, 0.3) is 0 Å². The molecule has 4 atom stereocenters. The first-order valence-corrected chi connectivity index (χ1v) is 16.4. The van der Waals surface area contributed by atoms with Crippen molar-refractivity contribution in [2.45, 2.75) is 62.9 Å². The molecule has 0 radical (unpaired) electrons. The molecule has 14 nitrogen and oxygen atoms in total. The molecular formula is C21H32ClN5O9P2. The van der Waals surface area contributed by atoms with E-state index in [4.69, 9.17) is 30.6 Å². The van der Waals surface area contributed by atoms with Crippen molar-refractivity contribution < 1.29 is 43.3 Å². The number of nitrogens with zero attached hydrogens (tertiary/aromatic N) is 5. The van der Waals surface area contributed by atoms with Gasteiger partial charge in [0.15, 0.2) is 29.1 Å². The molecule has 2 aromatic rings. The minimum atomic E-state index is -4.79. The summed E-state index contributed by atoms with van der Waals surface area (Å²) in [5.74, 6) is -0.742. The van der Waals surface area contributed by atoms with Crippen molar-refractivity contribution in [1.29, 1.82) is 0 Å². The van der Waals surface area contributed by atoms with E-state index in [9.17, 15) is 24.2 Å². The van der Waals surface area contributed by atoms with Gasteiger partial charge >= 0.3 is 15.2 Å². The van der Waals surface area contributed by atoms with Crippen molar-refractivity contribution in [3.05, 3.63) is 11.6 Å². The molecule has 3 fully saturated rings. The second-order valence-corrected chi connectivity index (χ2v) is 14.9. The standard InChI is InChI=1S/C21H32ClN5O9P2/c22-19-24-16(26-8-5-20(6-9-26)3-1-2-4-20)14-17(25-19)27(12-23-14)18-15(28)21(29,11-35-18)7-10-36-38(33,34)13-37(30,31)32/h12,15,18,28-29H,1-11,13H2,(H,33,34)(H2,30,31,32)/t15?,18-,21?/m1/s1. The Kier molecular flexibility index (Phi) is 7.71. The molecule has 4 heterocycles. The molecule has 1 aliphatic carbocycles. The lowest BCUT2D eigenvalue weighted by Gasteiger charge is -2.39. The van der Waals surface area contributed by atoms with Crippen LogP contribution in [0.5, 0.6) is 0 Å². The summed E-state index contributed by atoms with van der Waals surface area (Å²) in [5.41, 5.74) is -0.635. The predicted molar refractivity (Wildman–Crippen MR) is 136 cm³/mol. The maximum atomic E-state index is 11.9. The predicted octanol–water partition coefficient (Wildman–Crippen LogP) is 1.99. The monoisotopic (exact) mass is 595 g/mol. The first-order valence-electron chi connectivity index (χ1n) is 12.5. The molecule has 5 rings (SSSR count). The number of aliphatic hydroxyl groups excluding tert-OH is 1. The third-order valence-corrected chi connectivity index (χ3v) is 11.6. The number of anilines is 1. The zero-order chi connectivity index (χ0) is 27.3. The largest absolute Gasteiger partial charge is 0.385 e. The van der Waals surface area contributed by atoms with Gasteiger partial charge in [0, 0.05) is 19.5 Å². The van der Waals surface area contributed by atoms with Crippen LogP contribution in [0.25, 0.3) is 11.2 Å². The summed E-state index contributed by atoms with van der Waals surface area (Å²) in [4.78, 5) is 42.8. The lowest BCUT2D eigenvalue weighted by atomic mass is 9.77. The molecule has 2 saturated heterocycles. The molecule has 1 spiro atoms. The van der Waals surface area contributed by atoms with Crippen molar-refractivity contribution in [1.82, 2.24) is 19.5 Å². The molecule has 38 heavy (non-hydrogen) atoms. The van der Waals surface area contributed by atoms with Gasteiger partial charge in [-0.05, 0) is 42.7 Å². The lowest BCUT2D eigenvalue weighted by Crippen LogP contribution is -2.43. The summed E-state index contributed by atoms with van der Waals surface area (Å²) in [5, 5.41) is 21.9. The Labute approximate surface area is 223 Å². The van der Waals surface area contributed by atoms with E-state index in [1.54, 1.807) is 0 Å². The summed E-state index contributed by atoms with van der Waals surface area (Å²) >= 11 is 6.28. The van der Waals surface area contributed by atoms with Gasteiger partial charge in [0.05, 0.1) is 19.5 Å². The zero-order valence-electron chi connectivity index (χ0n) is 20.6. The van der Waals surface area contributed by atoms with Crippen molar-refractivity contribution >= 4 is 43.8 Å². The van der Waals surface area contributed by atoms with Crippen molar-refractivity contribution in [2.24, 2.45) is 5.41 Å². The normalized spacial score (nSPS) is 29.4. The molecular weight excluding hydrogens is 564 g/mol. The SMILES string of the molecule is O=P(O)(O)CP(=O)(O)OCCC1(O)CO[C@@H](n2cnc3c(N4CCC5(CCCC5)CC4)nc(Cl)nc32)C1O. The summed E-state index contributed by atoms with van der Waals surface area (Å²) in [6, 6.07) is 0. The maximum absolute atomic E-state index is 11.9. The minimum Gasteiger partial charge on any atom is -0.385 e. The van der Waals surface area contributed by atoms with E-state index < -0.39 is 45.6 Å². The van der Waals surface area contributed by atoms with Gasteiger partial charge in [0.1, 0.15) is 11.7 Å². The van der Waals surface area contributed by atoms with E-state index in [0.717, 1.165) is 25.9 Å². The molecule has 0 amide bonds. The molecule has 3 unspecified atom stereocenters. The summed E-state index contributed by atoms with van der Waals surface area (Å²) in [6.45, 7) is 0.773. The Hall–Kier alpha value is -1.18. The molecule has 5 N–H and O–H groups in total. The smallest absolute Gasteiger partial charge is 0.340 e. The third kappa shape index (κ3) is 5.81. The van der Waals surface area contributed by atoms with Crippen LogP contribution in [0.15, 0.2) is 6.33 Å². The highest BCUT2D eigenvalue weighted by Gasteiger charge is 2.49. The van der Waals surface area contributed by atoms with Crippen molar-refractivity contribution in [3.63, 3.8) is 0 Å². The Balaban J connectivity index is 1.30. The summed E-state index contributed by atoms with van der Waals surface area (Å²) in [7, 11) is -9.38. The Morgan fingerprint density at radius 2 is 1.82 bits per heavy atom. The van der Waals surface area contributed by atoms with E-state index in [-0.39, 0.29) is 18.3 Å². The maximum Gasteiger partial charge on any atom is 0.340 e. The number of ether oxygens (including phenoxy) is 1.